The van der Waals surface area contributed by atoms with Crippen molar-refractivity contribution in [2.24, 2.45) is 0 Å². The summed E-state index contributed by atoms with van der Waals surface area (Å²) < 4.78 is 49.1. The summed E-state index contributed by atoms with van der Waals surface area (Å²) in [7, 11) is 1.10. The highest BCUT2D eigenvalue weighted by Gasteiger charge is 2.30. The summed E-state index contributed by atoms with van der Waals surface area (Å²) in [5.74, 6) is -1.26. The van der Waals surface area contributed by atoms with Crippen LogP contribution in [0.5, 0.6) is 0 Å². The van der Waals surface area contributed by atoms with Gasteiger partial charge in [0.1, 0.15) is 6.54 Å². The maximum atomic E-state index is 13.1. The first kappa shape index (κ1) is 12.0. The van der Waals surface area contributed by atoms with Crippen LogP contribution >= 0.6 is 11.6 Å². The molecule has 0 spiro atoms. The number of alkyl halides is 3. The van der Waals surface area contributed by atoms with Crippen LogP contribution in [0.1, 0.15) is 0 Å². The van der Waals surface area contributed by atoms with E-state index in [4.69, 9.17) is 11.6 Å². The molecule has 1 aromatic rings. The van der Waals surface area contributed by atoms with Crippen LogP contribution < -0.4 is 4.90 Å². The minimum Gasteiger partial charge on any atom is -0.348 e. The molecule has 7 heteroatoms. The first-order valence-electron chi connectivity index (χ1n) is 3.88. The first-order chi connectivity index (χ1) is 6.79. The SMILES string of the molecule is CN(CC(F)(F)F)c1ncc(Cl)cc1F. The van der Waals surface area contributed by atoms with Gasteiger partial charge in [-0.25, -0.2) is 9.37 Å². The minimum atomic E-state index is -4.40. The van der Waals surface area contributed by atoms with E-state index in [-0.39, 0.29) is 10.8 Å². The van der Waals surface area contributed by atoms with Gasteiger partial charge in [0.25, 0.3) is 0 Å². The van der Waals surface area contributed by atoms with E-state index in [0.717, 1.165) is 19.3 Å². The van der Waals surface area contributed by atoms with Gasteiger partial charge in [-0.2, -0.15) is 13.2 Å². The van der Waals surface area contributed by atoms with Crippen molar-refractivity contribution < 1.29 is 17.6 Å². The average Bonchev–Trinajstić information content (AvgIpc) is 1.99. The molecule has 0 saturated carbocycles. The fraction of sp³-hybridized carbons (Fsp3) is 0.375. The Bertz CT molecular complexity index is 353. The minimum absolute atomic E-state index is 0.0386. The van der Waals surface area contributed by atoms with Crippen LogP contribution in [0.3, 0.4) is 0 Å². The lowest BCUT2D eigenvalue weighted by atomic mass is 10.4. The van der Waals surface area contributed by atoms with Gasteiger partial charge in [-0.3, -0.25) is 0 Å². The second kappa shape index (κ2) is 4.22. The summed E-state index contributed by atoms with van der Waals surface area (Å²) in [5.41, 5.74) is 0. The van der Waals surface area contributed by atoms with Crippen molar-refractivity contribution in [3.63, 3.8) is 0 Å². The number of rotatable bonds is 2. The molecule has 0 bridgehead atoms. The lowest BCUT2D eigenvalue weighted by Crippen LogP contribution is -2.32. The lowest BCUT2D eigenvalue weighted by molar-refractivity contribution is -0.119. The molecule has 0 radical (unpaired) electrons. The van der Waals surface area contributed by atoms with E-state index in [1.807, 2.05) is 0 Å². The van der Waals surface area contributed by atoms with Gasteiger partial charge in [0, 0.05) is 13.2 Å². The van der Waals surface area contributed by atoms with Crippen molar-refractivity contribution in [1.82, 2.24) is 4.98 Å². The van der Waals surface area contributed by atoms with Crippen molar-refractivity contribution in [2.75, 3.05) is 18.5 Å². The number of hydrogen-bond donors (Lipinski definition) is 0. The molecule has 0 aliphatic carbocycles. The van der Waals surface area contributed by atoms with Crippen LogP contribution in [0.2, 0.25) is 5.02 Å². The Morgan fingerprint density at radius 3 is 2.53 bits per heavy atom. The molecular formula is C8H7ClF4N2. The number of nitrogens with zero attached hydrogens (tertiary/aromatic N) is 2. The normalized spacial score (nSPS) is 11.6. The Kier molecular flexibility index (Phi) is 3.38. The van der Waals surface area contributed by atoms with E-state index >= 15 is 0 Å². The van der Waals surface area contributed by atoms with Gasteiger partial charge in [0.2, 0.25) is 0 Å². The molecule has 0 N–H and O–H groups in total. The molecule has 15 heavy (non-hydrogen) atoms. The van der Waals surface area contributed by atoms with Crippen LogP contribution in [0, 0.1) is 5.82 Å². The van der Waals surface area contributed by atoms with Gasteiger partial charge in [0.15, 0.2) is 11.6 Å². The Labute approximate surface area is 88.5 Å². The summed E-state index contributed by atoms with van der Waals surface area (Å²) in [5, 5.41) is 0.0386. The van der Waals surface area contributed by atoms with Crippen molar-refractivity contribution in [3.05, 3.63) is 23.1 Å². The molecular weight excluding hydrogens is 236 g/mol. The number of halogens is 5. The zero-order chi connectivity index (χ0) is 11.6. The van der Waals surface area contributed by atoms with E-state index < -0.39 is 18.5 Å². The van der Waals surface area contributed by atoms with Gasteiger partial charge in [-0.1, -0.05) is 11.6 Å². The van der Waals surface area contributed by atoms with Gasteiger partial charge < -0.3 is 4.90 Å². The lowest BCUT2D eigenvalue weighted by Gasteiger charge is -2.20. The standard InChI is InChI=1S/C8H7ClF4N2/c1-15(4-8(11,12)13)7-6(10)2-5(9)3-14-7/h2-3H,4H2,1H3. The van der Waals surface area contributed by atoms with Crippen LogP contribution in [0.4, 0.5) is 23.4 Å². The molecule has 0 fully saturated rings. The van der Waals surface area contributed by atoms with Gasteiger partial charge in [-0.15, -0.1) is 0 Å². The number of aromatic nitrogens is 1. The highest BCUT2D eigenvalue weighted by molar-refractivity contribution is 6.30. The fourth-order valence-electron chi connectivity index (χ4n) is 1.03. The molecule has 0 aliphatic heterocycles. The van der Waals surface area contributed by atoms with E-state index in [1.165, 1.54) is 0 Å². The highest BCUT2D eigenvalue weighted by Crippen LogP contribution is 2.22. The van der Waals surface area contributed by atoms with Crippen molar-refractivity contribution in [3.8, 4) is 0 Å². The summed E-state index contributed by atoms with van der Waals surface area (Å²) in [6.45, 7) is -1.27. The molecule has 1 rings (SSSR count). The first-order valence-corrected chi connectivity index (χ1v) is 4.26. The summed E-state index contributed by atoms with van der Waals surface area (Å²) in [6.07, 6.45) is -3.31. The number of hydrogen-bond acceptors (Lipinski definition) is 2. The van der Waals surface area contributed by atoms with E-state index in [9.17, 15) is 17.6 Å². The zero-order valence-corrected chi connectivity index (χ0v) is 8.40. The Morgan fingerprint density at radius 2 is 2.07 bits per heavy atom. The molecule has 84 valence electrons. The van der Waals surface area contributed by atoms with Crippen LogP contribution in [0.25, 0.3) is 0 Å². The molecule has 1 aromatic heterocycles. The maximum Gasteiger partial charge on any atom is 0.405 e. The molecule has 0 saturated heterocycles. The smallest absolute Gasteiger partial charge is 0.348 e. The quantitative estimate of drug-likeness (QED) is 0.742. The Hall–Kier alpha value is -1.04. The molecule has 0 atom stereocenters. The zero-order valence-electron chi connectivity index (χ0n) is 7.65. The average molecular weight is 243 g/mol. The topological polar surface area (TPSA) is 16.1 Å². The summed E-state index contributed by atoms with van der Waals surface area (Å²) >= 11 is 5.41. The second-order valence-corrected chi connectivity index (χ2v) is 3.37. The largest absolute Gasteiger partial charge is 0.405 e. The third-order valence-electron chi connectivity index (χ3n) is 1.57. The molecule has 1 heterocycles. The molecule has 2 nitrogen and oxygen atoms in total. The number of anilines is 1. The molecule has 0 aromatic carbocycles. The second-order valence-electron chi connectivity index (χ2n) is 2.93. The van der Waals surface area contributed by atoms with Crippen LogP contribution in [-0.4, -0.2) is 24.8 Å². The van der Waals surface area contributed by atoms with Gasteiger partial charge >= 0.3 is 6.18 Å². The van der Waals surface area contributed by atoms with E-state index in [2.05, 4.69) is 4.98 Å². The fourth-order valence-corrected chi connectivity index (χ4v) is 1.18. The molecule has 0 unspecified atom stereocenters. The van der Waals surface area contributed by atoms with Crippen LogP contribution in [0.15, 0.2) is 12.3 Å². The maximum absolute atomic E-state index is 13.1. The van der Waals surface area contributed by atoms with Crippen LogP contribution in [-0.2, 0) is 0 Å². The summed E-state index contributed by atoms with van der Waals surface area (Å²) in [6, 6.07) is 0.913. The molecule has 0 aliphatic rings. The Morgan fingerprint density at radius 1 is 1.47 bits per heavy atom. The monoisotopic (exact) mass is 242 g/mol. The van der Waals surface area contributed by atoms with Crippen molar-refractivity contribution in [1.29, 1.82) is 0 Å². The summed E-state index contributed by atoms with van der Waals surface area (Å²) in [4.78, 5) is 4.15. The predicted molar refractivity (Wildman–Crippen MR) is 48.5 cm³/mol. The van der Waals surface area contributed by atoms with Gasteiger partial charge in [0.05, 0.1) is 5.02 Å². The van der Waals surface area contributed by atoms with E-state index in [0.29, 0.717) is 4.90 Å². The third kappa shape index (κ3) is 3.54. The Balaban J connectivity index is 2.87. The van der Waals surface area contributed by atoms with Gasteiger partial charge in [-0.05, 0) is 6.07 Å². The van der Waals surface area contributed by atoms with Crippen molar-refractivity contribution >= 4 is 17.4 Å². The molecule has 0 amide bonds. The third-order valence-corrected chi connectivity index (χ3v) is 1.77. The predicted octanol–water partition coefficient (Wildman–Crippen LogP) is 2.87. The number of pyridine rings is 1. The van der Waals surface area contributed by atoms with E-state index in [1.54, 1.807) is 0 Å². The highest BCUT2D eigenvalue weighted by atomic mass is 35.5. The van der Waals surface area contributed by atoms with Crippen molar-refractivity contribution in [2.45, 2.75) is 6.18 Å².